The molecule has 94 valence electrons. The standard InChI is InChI=1S/C12H17BrN2O2/c1-12(17-2)4-3-5-15(8-12)11(16)10-6-9(13)7-14-10/h6-7,14H,3-5,8H2,1-2H3. The van der Waals surface area contributed by atoms with Crippen LogP contribution in [0.25, 0.3) is 0 Å². The number of nitrogens with zero attached hydrogens (tertiary/aromatic N) is 1. The molecule has 1 unspecified atom stereocenters. The topological polar surface area (TPSA) is 45.3 Å². The molecule has 1 N–H and O–H groups in total. The van der Waals surface area contributed by atoms with E-state index < -0.39 is 0 Å². The van der Waals surface area contributed by atoms with Gasteiger partial charge >= 0.3 is 0 Å². The van der Waals surface area contributed by atoms with E-state index in [-0.39, 0.29) is 11.5 Å². The molecule has 17 heavy (non-hydrogen) atoms. The fourth-order valence-electron chi connectivity index (χ4n) is 2.21. The highest BCUT2D eigenvalue weighted by molar-refractivity contribution is 9.10. The number of methoxy groups -OCH3 is 1. The molecular weight excluding hydrogens is 284 g/mol. The van der Waals surface area contributed by atoms with Crippen molar-refractivity contribution in [1.29, 1.82) is 0 Å². The number of rotatable bonds is 2. The summed E-state index contributed by atoms with van der Waals surface area (Å²) in [7, 11) is 1.71. The van der Waals surface area contributed by atoms with Crippen LogP contribution in [0.1, 0.15) is 30.3 Å². The Morgan fingerprint density at radius 3 is 3.00 bits per heavy atom. The number of nitrogens with one attached hydrogen (secondary N) is 1. The molecule has 0 saturated carbocycles. The minimum atomic E-state index is -0.211. The maximum atomic E-state index is 12.2. The zero-order valence-electron chi connectivity index (χ0n) is 10.1. The van der Waals surface area contributed by atoms with E-state index in [1.54, 1.807) is 19.4 Å². The molecule has 1 aliphatic heterocycles. The average molecular weight is 301 g/mol. The van der Waals surface area contributed by atoms with Crippen molar-refractivity contribution < 1.29 is 9.53 Å². The molecule has 2 rings (SSSR count). The van der Waals surface area contributed by atoms with E-state index in [1.165, 1.54) is 0 Å². The zero-order valence-corrected chi connectivity index (χ0v) is 11.7. The summed E-state index contributed by atoms with van der Waals surface area (Å²) in [5.41, 5.74) is 0.412. The van der Waals surface area contributed by atoms with Crippen molar-refractivity contribution >= 4 is 21.8 Å². The first-order valence-corrected chi connectivity index (χ1v) is 6.52. The molecule has 0 radical (unpaired) electrons. The Hall–Kier alpha value is -0.810. The number of amides is 1. The third-order valence-corrected chi connectivity index (χ3v) is 3.78. The Morgan fingerprint density at radius 1 is 1.65 bits per heavy atom. The van der Waals surface area contributed by atoms with Crippen molar-refractivity contribution in [2.45, 2.75) is 25.4 Å². The van der Waals surface area contributed by atoms with Crippen LogP contribution >= 0.6 is 15.9 Å². The Balaban J connectivity index is 2.10. The molecule has 0 aromatic carbocycles. The number of halogens is 1. The predicted molar refractivity (Wildman–Crippen MR) is 69.0 cm³/mol. The Kier molecular flexibility index (Phi) is 3.58. The molecule has 1 aliphatic rings. The minimum absolute atomic E-state index is 0.0404. The number of carbonyl (C=O) groups excluding carboxylic acids is 1. The van der Waals surface area contributed by atoms with Crippen LogP contribution < -0.4 is 0 Å². The van der Waals surface area contributed by atoms with Gasteiger partial charge in [-0.3, -0.25) is 4.79 Å². The van der Waals surface area contributed by atoms with Gasteiger partial charge in [-0.2, -0.15) is 0 Å². The van der Waals surface area contributed by atoms with E-state index in [4.69, 9.17) is 4.74 Å². The molecule has 1 saturated heterocycles. The van der Waals surface area contributed by atoms with E-state index in [9.17, 15) is 4.79 Å². The van der Waals surface area contributed by atoms with Gasteiger partial charge in [-0.25, -0.2) is 0 Å². The summed E-state index contributed by atoms with van der Waals surface area (Å²) in [5, 5.41) is 0. The lowest BCUT2D eigenvalue weighted by Gasteiger charge is -2.39. The van der Waals surface area contributed by atoms with Gasteiger partial charge in [0.2, 0.25) is 0 Å². The summed E-state index contributed by atoms with van der Waals surface area (Å²) in [6.07, 6.45) is 3.76. The summed E-state index contributed by atoms with van der Waals surface area (Å²) >= 11 is 3.33. The van der Waals surface area contributed by atoms with Crippen molar-refractivity contribution in [3.63, 3.8) is 0 Å². The maximum absolute atomic E-state index is 12.2. The quantitative estimate of drug-likeness (QED) is 0.912. The number of aromatic nitrogens is 1. The molecule has 1 amide bonds. The van der Waals surface area contributed by atoms with Crippen molar-refractivity contribution in [3.05, 3.63) is 22.4 Å². The Bertz CT molecular complexity index is 418. The van der Waals surface area contributed by atoms with Gasteiger partial charge < -0.3 is 14.6 Å². The summed E-state index contributed by atoms with van der Waals surface area (Å²) < 4.78 is 6.38. The summed E-state index contributed by atoms with van der Waals surface area (Å²) in [6, 6.07) is 1.81. The van der Waals surface area contributed by atoms with E-state index in [0.29, 0.717) is 12.2 Å². The first kappa shape index (κ1) is 12.6. The second kappa shape index (κ2) is 4.82. The van der Waals surface area contributed by atoms with Crippen molar-refractivity contribution in [2.24, 2.45) is 0 Å². The molecule has 2 heterocycles. The second-order valence-electron chi connectivity index (χ2n) is 4.72. The van der Waals surface area contributed by atoms with Crippen LogP contribution in [0.3, 0.4) is 0 Å². The normalized spacial score (nSPS) is 25.0. The number of H-pyrrole nitrogens is 1. The predicted octanol–water partition coefficient (Wildman–Crippen LogP) is 2.42. The zero-order chi connectivity index (χ0) is 12.5. The van der Waals surface area contributed by atoms with Gasteiger partial charge in [0.1, 0.15) is 5.69 Å². The molecule has 0 aliphatic carbocycles. The van der Waals surface area contributed by atoms with Gasteiger partial charge in [0.25, 0.3) is 5.91 Å². The fraction of sp³-hybridized carbons (Fsp3) is 0.583. The Morgan fingerprint density at radius 2 is 2.41 bits per heavy atom. The summed E-state index contributed by atoms with van der Waals surface area (Å²) in [6.45, 7) is 3.50. The lowest BCUT2D eigenvalue weighted by Crippen LogP contribution is -2.49. The van der Waals surface area contributed by atoms with Gasteiger partial charge in [-0.1, -0.05) is 0 Å². The first-order valence-electron chi connectivity index (χ1n) is 5.72. The maximum Gasteiger partial charge on any atom is 0.270 e. The molecule has 1 fully saturated rings. The van der Waals surface area contributed by atoms with E-state index >= 15 is 0 Å². The third kappa shape index (κ3) is 2.72. The molecule has 0 bridgehead atoms. The number of likely N-dealkylation sites (tertiary alicyclic amines) is 1. The fourth-order valence-corrected chi connectivity index (χ4v) is 2.55. The second-order valence-corrected chi connectivity index (χ2v) is 5.63. The molecule has 0 spiro atoms. The van der Waals surface area contributed by atoms with Crippen LogP contribution in [0, 0.1) is 0 Å². The van der Waals surface area contributed by atoms with Crippen LogP contribution in [-0.4, -0.2) is 41.6 Å². The number of ether oxygens (including phenoxy) is 1. The smallest absolute Gasteiger partial charge is 0.270 e. The molecule has 1 atom stereocenters. The molecule has 5 heteroatoms. The van der Waals surface area contributed by atoms with Gasteiger partial charge in [0.05, 0.1) is 5.60 Å². The molecular formula is C12H17BrN2O2. The Labute approximate surface area is 109 Å². The largest absolute Gasteiger partial charge is 0.377 e. The lowest BCUT2D eigenvalue weighted by molar-refractivity contribution is -0.0441. The minimum Gasteiger partial charge on any atom is -0.377 e. The van der Waals surface area contributed by atoms with Crippen LogP contribution in [0.15, 0.2) is 16.7 Å². The van der Waals surface area contributed by atoms with E-state index in [2.05, 4.69) is 27.8 Å². The van der Waals surface area contributed by atoms with Crippen LogP contribution in [-0.2, 0) is 4.74 Å². The lowest BCUT2D eigenvalue weighted by atomic mass is 9.94. The summed E-state index contributed by atoms with van der Waals surface area (Å²) in [5.74, 6) is 0.0404. The molecule has 4 nitrogen and oxygen atoms in total. The van der Waals surface area contributed by atoms with E-state index in [1.807, 2.05) is 4.90 Å². The highest BCUT2D eigenvalue weighted by atomic mass is 79.9. The summed E-state index contributed by atoms with van der Waals surface area (Å²) in [4.78, 5) is 17.1. The first-order chi connectivity index (χ1) is 8.04. The highest BCUT2D eigenvalue weighted by Gasteiger charge is 2.33. The van der Waals surface area contributed by atoms with Crippen molar-refractivity contribution in [2.75, 3.05) is 20.2 Å². The van der Waals surface area contributed by atoms with Crippen LogP contribution in [0.5, 0.6) is 0 Å². The van der Waals surface area contributed by atoms with Gasteiger partial charge in [0.15, 0.2) is 0 Å². The van der Waals surface area contributed by atoms with E-state index in [0.717, 1.165) is 23.9 Å². The number of hydrogen-bond donors (Lipinski definition) is 1. The number of hydrogen-bond acceptors (Lipinski definition) is 2. The highest BCUT2D eigenvalue weighted by Crippen LogP contribution is 2.25. The van der Waals surface area contributed by atoms with Crippen molar-refractivity contribution in [1.82, 2.24) is 9.88 Å². The van der Waals surface area contributed by atoms with Crippen LogP contribution in [0.2, 0.25) is 0 Å². The molecule has 1 aromatic rings. The monoisotopic (exact) mass is 300 g/mol. The van der Waals surface area contributed by atoms with Crippen LogP contribution in [0.4, 0.5) is 0 Å². The molecule has 1 aromatic heterocycles. The number of aromatic amines is 1. The number of piperidine rings is 1. The third-order valence-electron chi connectivity index (χ3n) is 3.32. The average Bonchev–Trinajstić information content (AvgIpc) is 2.75. The van der Waals surface area contributed by atoms with Gasteiger partial charge in [0, 0.05) is 30.9 Å². The SMILES string of the molecule is COC1(C)CCCN(C(=O)c2cc(Br)c[nH]2)C1. The number of carbonyl (C=O) groups is 1. The van der Waals surface area contributed by atoms with Gasteiger partial charge in [-0.05, 0) is 41.8 Å². The van der Waals surface area contributed by atoms with Crippen molar-refractivity contribution in [3.8, 4) is 0 Å². The van der Waals surface area contributed by atoms with Gasteiger partial charge in [-0.15, -0.1) is 0 Å².